The number of likely N-dealkylation sites (N-methyl/N-ethyl adjacent to an activating group) is 1. The molecule has 1 aliphatic heterocycles. The standard InChI is InChI=1S/C21H19ClN2O5S/c1-24-14(11-28-21(24)27)8-12-2-5-15(6-3-12)29-17-7-4-13(9-16(17)22)10-18-19(25)23-20(26)30-18/h2-7,9,14,25H,8,10-11H2,1H3,(H,23,26). The van der Waals surface area contributed by atoms with E-state index in [-0.39, 0.29) is 22.9 Å². The Labute approximate surface area is 181 Å². The SMILES string of the molecule is CN1C(=O)OCC1Cc1ccc(Oc2ccc(Cc3sc(=O)[nH]c3O)cc2Cl)cc1. The molecule has 0 radical (unpaired) electrons. The number of aromatic amines is 1. The summed E-state index contributed by atoms with van der Waals surface area (Å²) in [6, 6.07) is 13.0. The van der Waals surface area contributed by atoms with Crippen LogP contribution in [0.2, 0.25) is 5.02 Å². The predicted octanol–water partition coefficient (Wildman–Crippen LogP) is 4.17. The van der Waals surface area contributed by atoms with Gasteiger partial charge in [-0.3, -0.25) is 9.78 Å². The van der Waals surface area contributed by atoms with Gasteiger partial charge >= 0.3 is 11.0 Å². The molecule has 30 heavy (non-hydrogen) atoms. The highest BCUT2D eigenvalue weighted by Crippen LogP contribution is 2.32. The van der Waals surface area contributed by atoms with Gasteiger partial charge in [-0.15, -0.1) is 0 Å². The van der Waals surface area contributed by atoms with Crippen LogP contribution in [0.3, 0.4) is 0 Å². The first kappa shape index (κ1) is 20.3. The third-order valence-electron chi connectivity index (χ3n) is 4.92. The lowest BCUT2D eigenvalue weighted by molar-refractivity contribution is 0.163. The second-order valence-electron chi connectivity index (χ2n) is 7.02. The van der Waals surface area contributed by atoms with E-state index in [4.69, 9.17) is 21.1 Å². The Hall–Kier alpha value is -2.97. The number of benzene rings is 2. The molecule has 7 nitrogen and oxygen atoms in total. The van der Waals surface area contributed by atoms with Crippen molar-refractivity contribution in [1.82, 2.24) is 9.88 Å². The van der Waals surface area contributed by atoms with Gasteiger partial charge in [-0.2, -0.15) is 0 Å². The highest BCUT2D eigenvalue weighted by molar-refractivity contribution is 7.09. The van der Waals surface area contributed by atoms with E-state index in [0.29, 0.717) is 40.8 Å². The number of nitrogens with one attached hydrogen (secondary N) is 1. The summed E-state index contributed by atoms with van der Waals surface area (Å²) in [7, 11) is 1.74. The van der Waals surface area contributed by atoms with Crippen molar-refractivity contribution in [3.8, 4) is 17.4 Å². The highest BCUT2D eigenvalue weighted by Gasteiger charge is 2.29. The van der Waals surface area contributed by atoms with Gasteiger partial charge in [-0.05, 0) is 41.8 Å². The van der Waals surface area contributed by atoms with Gasteiger partial charge in [0, 0.05) is 13.5 Å². The van der Waals surface area contributed by atoms with Crippen LogP contribution < -0.4 is 9.61 Å². The van der Waals surface area contributed by atoms with E-state index in [1.165, 1.54) is 0 Å². The minimum atomic E-state index is -0.296. The topological polar surface area (TPSA) is 91.9 Å². The number of carbonyl (C=O) groups is 1. The number of aromatic nitrogens is 1. The molecule has 0 saturated carbocycles. The quantitative estimate of drug-likeness (QED) is 0.592. The second kappa shape index (κ2) is 8.41. The van der Waals surface area contributed by atoms with Gasteiger partial charge in [0.2, 0.25) is 5.88 Å². The Morgan fingerprint density at radius 1 is 1.23 bits per heavy atom. The fourth-order valence-electron chi connectivity index (χ4n) is 3.21. The van der Waals surface area contributed by atoms with Crippen molar-refractivity contribution in [3.05, 3.63) is 73.2 Å². The number of H-pyrrole nitrogens is 1. The van der Waals surface area contributed by atoms with Crippen LogP contribution in [0.5, 0.6) is 17.4 Å². The Morgan fingerprint density at radius 3 is 2.57 bits per heavy atom. The van der Waals surface area contributed by atoms with Crippen LogP contribution in [-0.4, -0.2) is 40.8 Å². The summed E-state index contributed by atoms with van der Waals surface area (Å²) in [6.45, 7) is 0.396. The first-order valence-corrected chi connectivity index (χ1v) is 10.4. The fourth-order valence-corrected chi connectivity index (χ4v) is 4.21. The number of aromatic hydroxyl groups is 1. The van der Waals surface area contributed by atoms with Crippen LogP contribution in [0.15, 0.2) is 47.3 Å². The zero-order chi connectivity index (χ0) is 21.3. The zero-order valence-corrected chi connectivity index (χ0v) is 17.6. The number of cyclic esters (lactones) is 1. The summed E-state index contributed by atoms with van der Waals surface area (Å²) in [5.41, 5.74) is 1.93. The molecule has 2 aromatic carbocycles. The van der Waals surface area contributed by atoms with Gasteiger partial charge in [0.15, 0.2) is 0 Å². The second-order valence-corrected chi connectivity index (χ2v) is 8.49. The van der Waals surface area contributed by atoms with Crippen LogP contribution in [0.4, 0.5) is 4.79 Å². The van der Waals surface area contributed by atoms with E-state index < -0.39 is 0 Å². The van der Waals surface area contributed by atoms with E-state index in [1.807, 2.05) is 30.3 Å². The molecule has 9 heteroatoms. The summed E-state index contributed by atoms with van der Waals surface area (Å²) in [5.74, 6) is 1.04. The number of thiazole rings is 1. The highest BCUT2D eigenvalue weighted by atomic mass is 35.5. The maximum atomic E-state index is 11.5. The molecule has 3 aromatic rings. The van der Waals surface area contributed by atoms with E-state index in [0.717, 1.165) is 22.5 Å². The van der Waals surface area contributed by atoms with Crippen LogP contribution in [-0.2, 0) is 17.6 Å². The average Bonchev–Trinajstić information content (AvgIpc) is 3.20. The minimum absolute atomic E-state index is 0.0318. The molecular formula is C21H19ClN2O5S. The lowest BCUT2D eigenvalue weighted by Crippen LogP contribution is -2.30. The number of ether oxygens (including phenoxy) is 2. The van der Waals surface area contributed by atoms with Crippen molar-refractivity contribution < 1.29 is 19.4 Å². The molecule has 2 N–H and O–H groups in total. The molecule has 1 amide bonds. The van der Waals surface area contributed by atoms with Crippen LogP contribution in [0.25, 0.3) is 0 Å². The summed E-state index contributed by atoms with van der Waals surface area (Å²) in [6.07, 6.45) is 0.806. The van der Waals surface area contributed by atoms with Gasteiger partial charge in [0.1, 0.15) is 18.1 Å². The lowest BCUT2D eigenvalue weighted by Gasteiger charge is -2.16. The first-order chi connectivity index (χ1) is 14.4. The first-order valence-electron chi connectivity index (χ1n) is 9.25. The van der Waals surface area contributed by atoms with Crippen molar-refractivity contribution in [2.45, 2.75) is 18.9 Å². The van der Waals surface area contributed by atoms with Crippen molar-refractivity contribution in [2.24, 2.45) is 0 Å². The number of rotatable bonds is 6. The van der Waals surface area contributed by atoms with Crippen LogP contribution >= 0.6 is 22.9 Å². The predicted molar refractivity (Wildman–Crippen MR) is 114 cm³/mol. The molecule has 4 rings (SSSR count). The van der Waals surface area contributed by atoms with Crippen molar-refractivity contribution in [2.75, 3.05) is 13.7 Å². The van der Waals surface area contributed by atoms with E-state index in [1.54, 1.807) is 24.1 Å². The normalized spacial score (nSPS) is 16.0. The molecule has 156 valence electrons. The molecule has 2 heterocycles. The van der Waals surface area contributed by atoms with Crippen molar-refractivity contribution >= 4 is 29.0 Å². The van der Waals surface area contributed by atoms with Gasteiger partial charge in [-0.1, -0.05) is 41.1 Å². The minimum Gasteiger partial charge on any atom is -0.494 e. The Bertz CT molecular complexity index is 1130. The largest absolute Gasteiger partial charge is 0.494 e. The maximum absolute atomic E-state index is 11.5. The number of nitrogens with zero attached hydrogens (tertiary/aromatic N) is 1. The lowest BCUT2D eigenvalue weighted by atomic mass is 10.1. The smallest absolute Gasteiger partial charge is 0.409 e. The fraction of sp³-hybridized carbons (Fsp3) is 0.238. The van der Waals surface area contributed by atoms with Gasteiger partial charge in [0.05, 0.1) is 15.9 Å². The van der Waals surface area contributed by atoms with Gasteiger partial charge < -0.3 is 19.5 Å². The number of halogens is 1. The molecular weight excluding hydrogens is 428 g/mol. The molecule has 0 aliphatic carbocycles. The molecule has 1 fully saturated rings. The number of hydrogen-bond donors (Lipinski definition) is 2. The third kappa shape index (κ3) is 4.44. The molecule has 1 atom stereocenters. The maximum Gasteiger partial charge on any atom is 0.409 e. The zero-order valence-electron chi connectivity index (χ0n) is 16.1. The van der Waals surface area contributed by atoms with Gasteiger partial charge in [0.25, 0.3) is 0 Å². The third-order valence-corrected chi connectivity index (χ3v) is 6.09. The molecule has 1 aliphatic rings. The Kier molecular flexibility index (Phi) is 5.69. The van der Waals surface area contributed by atoms with E-state index >= 15 is 0 Å². The molecule has 1 saturated heterocycles. The number of carbonyl (C=O) groups excluding carboxylic acids is 1. The van der Waals surface area contributed by atoms with E-state index in [2.05, 4.69) is 4.98 Å². The summed E-state index contributed by atoms with van der Waals surface area (Å²) < 4.78 is 10.9. The number of hydrogen-bond acceptors (Lipinski definition) is 6. The Morgan fingerprint density at radius 2 is 1.97 bits per heavy atom. The molecule has 0 bridgehead atoms. The van der Waals surface area contributed by atoms with Crippen LogP contribution in [0.1, 0.15) is 16.0 Å². The van der Waals surface area contributed by atoms with E-state index in [9.17, 15) is 14.7 Å². The molecule has 0 spiro atoms. The monoisotopic (exact) mass is 446 g/mol. The molecule has 1 aromatic heterocycles. The average molecular weight is 447 g/mol. The number of amides is 1. The Balaban J connectivity index is 1.41. The van der Waals surface area contributed by atoms with Crippen LogP contribution in [0, 0.1) is 0 Å². The molecule has 1 unspecified atom stereocenters. The van der Waals surface area contributed by atoms with Crippen molar-refractivity contribution in [1.29, 1.82) is 0 Å². The van der Waals surface area contributed by atoms with Gasteiger partial charge in [-0.25, -0.2) is 4.79 Å². The summed E-state index contributed by atoms with van der Waals surface area (Å²) >= 11 is 7.33. The van der Waals surface area contributed by atoms with Crippen molar-refractivity contribution in [3.63, 3.8) is 0 Å². The summed E-state index contributed by atoms with van der Waals surface area (Å²) in [4.78, 5) is 27.0. The summed E-state index contributed by atoms with van der Waals surface area (Å²) in [5, 5.41) is 10.2.